The summed E-state index contributed by atoms with van der Waals surface area (Å²) in [5.41, 5.74) is 5.52. The number of nitrogens with zero attached hydrogens (tertiary/aromatic N) is 1. The van der Waals surface area contributed by atoms with Crippen LogP contribution >= 0.6 is 0 Å². The number of allylic oxidation sites excluding steroid dienone is 1. The summed E-state index contributed by atoms with van der Waals surface area (Å²) < 4.78 is 4.75. The zero-order valence-corrected chi connectivity index (χ0v) is 5.91. The van der Waals surface area contributed by atoms with Gasteiger partial charge in [0.25, 0.3) is 5.91 Å². The van der Waals surface area contributed by atoms with Crippen LogP contribution in [0.15, 0.2) is 23.5 Å². The molecule has 1 rings (SSSR count). The van der Waals surface area contributed by atoms with E-state index in [1.807, 2.05) is 0 Å². The van der Waals surface area contributed by atoms with Crippen LogP contribution in [0.25, 0.3) is 0 Å². The maximum Gasteiger partial charge on any atom is 0.286 e. The second-order valence-electron chi connectivity index (χ2n) is 1.99. The van der Waals surface area contributed by atoms with Crippen LogP contribution in [0.4, 0.5) is 0 Å². The zero-order chi connectivity index (χ0) is 8.27. The van der Waals surface area contributed by atoms with E-state index in [-0.39, 0.29) is 5.76 Å². The molecule has 0 unspecified atom stereocenters. The number of nitrogens with two attached hydrogens (primary N) is 1. The van der Waals surface area contributed by atoms with Crippen molar-refractivity contribution < 1.29 is 9.21 Å². The van der Waals surface area contributed by atoms with Crippen LogP contribution in [-0.4, -0.2) is 10.9 Å². The van der Waals surface area contributed by atoms with Gasteiger partial charge in [-0.15, -0.1) is 6.58 Å². The summed E-state index contributed by atoms with van der Waals surface area (Å²) in [7, 11) is 0. The minimum absolute atomic E-state index is 0.116. The third-order valence-corrected chi connectivity index (χ3v) is 1.20. The molecule has 0 aromatic carbocycles. The van der Waals surface area contributed by atoms with Crippen LogP contribution in [0.2, 0.25) is 0 Å². The minimum atomic E-state index is -0.598. The molecular formula is C7H8N2O2. The molecular weight excluding hydrogens is 144 g/mol. The molecule has 11 heavy (non-hydrogen) atoms. The summed E-state index contributed by atoms with van der Waals surface area (Å²) in [5.74, 6) is -0.482. The van der Waals surface area contributed by atoms with Crippen molar-refractivity contribution in [3.05, 3.63) is 30.5 Å². The molecule has 0 fully saturated rings. The topological polar surface area (TPSA) is 69.1 Å². The average molecular weight is 152 g/mol. The van der Waals surface area contributed by atoms with E-state index in [1.165, 1.54) is 6.39 Å². The fraction of sp³-hybridized carbons (Fsp3) is 0.143. The van der Waals surface area contributed by atoms with Crippen molar-refractivity contribution in [2.24, 2.45) is 5.73 Å². The summed E-state index contributed by atoms with van der Waals surface area (Å²) in [6, 6.07) is 0. The monoisotopic (exact) mass is 152 g/mol. The number of primary amides is 1. The third-order valence-electron chi connectivity index (χ3n) is 1.20. The number of aromatic nitrogens is 1. The number of hydrogen-bond donors (Lipinski definition) is 1. The van der Waals surface area contributed by atoms with Gasteiger partial charge in [0.1, 0.15) is 0 Å². The van der Waals surface area contributed by atoms with Crippen molar-refractivity contribution >= 4 is 5.91 Å². The van der Waals surface area contributed by atoms with Gasteiger partial charge in [-0.2, -0.15) is 0 Å². The fourth-order valence-electron chi connectivity index (χ4n) is 0.752. The third kappa shape index (κ3) is 1.46. The van der Waals surface area contributed by atoms with Crippen molar-refractivity contribution in [2.75, 3.05) is 0 Å². The Labute approximate surface area is 63.7 Å². The van der Waals surface area contributed by atoms with E-state index in [4.69, 9.17) is 10.2 Å². The van der Waals surface area contributed by atoms with Gasteiger partial charge < -0.3 is 10.2 Å². The highest BCUT2D eigenvalue weighted by Crippen LogP contribution is 2.06. The molecule has 0 bridgehead atoms. The number of amides is 1. The van der Waals surface area contributed by atoms with E-state index < -0.39 is 5.91 Å². The molecule has 0 aliphatic heterocycles. The molecule has 4 nitrogen and oxygen atoms in total. The maximum atomic E-state index is 10.6. The lowest BCUT2D eigenvalue weighted by molar-refractivity contribution is 0.0973. The van der Waals surface area contributed by atoms with Crippen LogP contribution < -0.4 is 5.73 Å². The van der Waals surface area contributed by atoms with Crippen LogP contribution in [0.5, 0.6) is 0 Å². The van der Waals surface area contributed by atoms with Gasteiger partial charge in [-0.25, -0.2) is 4.98 Å². The predicted molar refractivity (Wildman–Crippen MR) is 38.9 cm³/mol. The number of rotatable bonds is 3. The highest BCUT2D eigenvalue weighted by Gasteiger charge is 2.11. The Kier molecular flexibility index (Phi) is 2.06. The molecule has 0 aliphatic rings. The lowest BCUT2D eigenvalue weighted by Gasteiger charge is -1.90. The van der Waals surface area contributed by atoms with E-state index >= 15 is 0 Å². The smallest absolute Gasteiger partial charge is 0.286 e. The molecule has 0 radical (unpaired) electrons. The first-order valence-corrected chi connectivity index (χ1v) is 3.08. The summed E-state index contributed by atoms with van der Waals surface area (Å²) in [5, 5.41) is 0. The molecule has 58 valence electrons. The number of oxazole rings is 1. The Bertz CT molecular complexity index is 278. The van der Waals surface area contributed by atoms with E-state index in [1.54, 1.807) is 6.08 Å². The van der Waals surface area contributed by atoms with Crippen LogP contribution in [-0.2, 0) is 6.42 Å². The van der Waals surface area contributed by atoms with E-state index in [2.05, 4.69) is 11.6 Å². The van der Waals surface area contributed by atoms with Crippen molar-refractivity contribution in [3.8, 4) is 0 Å². The van der Waals surface area contributed by atoms with Gasteiger partial charge in [-0.05, 0) is 0 Å². The molecule has 2 N–H and O–H groups in total. The Hall–Kier alpha value is -1.58. The van der Waals surface area contributed by atoms with Crippen LogP contribution in [0.3, 0.4) is 0 Å². The molecule has 0 saturated carbocycles. The van der Waals surface area contributed by atoms with Gasteiger partial charge in [0.15, 0.2) is 6.39 Å². The first-order chi connectivity index (χ1) is 5.25. The summed E-state index contributed by atoms with van der Waals surface area (Å²) in [4.78, 5) is 14.4. The molecule has 0 aliphatic carbocycles. The second-order valence-corrected chi connectivity index (χ2v) is 1.99. The molecule has 4 heteroatoms. The lowest BCUT2D eigenvalue weighted by Crippen LogP contribution is -2.12. The minimum Gasteiger partial charge on any atom is -0.438 e. The Balaban J connectivity index is 2.95. The summed E-state index contributed by atoms with van der Waals surface area (Å²) in [6.07, 6.45) is 3.32. The van der Waals surface area contributed by atoms with Gasteiger partial charge >= 0.3 is 0 Å². The van der Waals surface area contributed by atoms with Crippen molar-refractivity contribution in [2.45, 2.75) is 6.42 Å². The van der Waals surface area contributed by atoms with Gasteiger partial charge in [0.2, 0.25) is 5.76 Å². The number of carbonyl (C=O) groups is 1. The fourth-order valence-corrected chi connectivity index (χ4v) is 0.752. The van der Waals surface area contributed by atoms with Crippen LogP contribution in [0.1, 0.15) is 16.2 Å². The summed E-state index contributed by atoms with van der Waals surface area (Å²) >= 11 is 0. The van der Waals surface area contributed by atoms with Gasteiger partial charge in [-0.1, -0.05) is 6.08 Å². The lowest BCUT2D eigenvalue weighted by atomic mass is 10.2. The van der Waals surface area contributed by atoms with Crippen molar-refractivity contribution in [1.82, 2.24) is 4.98 Å². The van der Waals surface area contributed by atoms with E-state index in [0.29, 0.717) is 12.1 Å². The van der Waals surface area contributed by atoms with Gasteiger partial charge in [0.05, 0.1) is 5.69 Å². The molecule has 1 aromatic rings. The molecule has 0 atom stereocenters. The van der Waals surface area contributed by atoms with Crippen LogP contribution in [0, 0.1) is 0 Å². The SMILES string of the molecule is C=CCc1ncoc1C(N)=O. The average Bonchev–Trinajstić information content (AvgIpc) is 2.36. The Morgan fingerprint density at radius 3 is 3.18 bits per heavy atom. The molecule has 1 aromatic heterocycles. The molecule has 1 amide bonds. The molecule has 0 spiro atoms. The zero-order valence-electron chi connectivity index (χ0n) is 5.91. The molecule has 0 saturated heterocycles. The van der Waals surface area contributed by atoms with Gasteiger partial charge in [-0.3, -0.25) is 4.79 Å². The maximum absolute atomic E-state index is 10.6. The highest BCUT2D eigenvalue weighted by molar-refractivity contribution is 5.90. The quantitative estimate of drug-likeness (QED) is 0.641. The summed E-state index contributed by atoms with van der Waals surface area (Å²) in [6.45, 7) is 3.50. The predicted octanol–water partition coefficient (Wildman–Crippen LogP) is 0.502. The van der Waals surface area contributed by atoms with E-state index in [9.17, 15) is 4.79 Å². The highest BCUT2D eigenvalue weighted by atomic mass is 16.3. The Morgan fingerprint density at radius 1 is 1.91 bits per heavy atom. The largest absolute Gasteiger partial charge is 0.438 e. The number of carbonyl (C=O) groups excluding carboxylic acids is 1. The normalized spacial score (nSPS) is 9.45. The second kappa shape index (κ2) is 3.01. The number of hydrogen-bond acceptors (Lipinski definition) is 3. The first kappa shape index (κ1) is 7.53. The van der Waals surface area contributed by atoms with Crippen molar-refractivity contribution in [3.63, 3.8) is 0 Å². The Morgan fingerprint density at radius 2 is 2.64 bits per heavy atom. The standard InChI is InChI=1S/C7H8N2O2/c1-2-3-5-6(7(8)10)11-4-9-5/h2,4H,1,3H2,(H2,8,10). The van der Waals surface area contributed by atoms with E-state index in [0.717, 1.165) is 0 Å². The molecule has 1 heterocycles. The van der Waals surface area contributed by atoms with Gasteiger partial charge in [0, 0.05) is 6.42 Å². The first-order valence-electron chi connectivity index (χ1n) is 3.08. The van der Waals surface area contributed by atoms with Crippen molar-refractivity contribution in [1.29, 1.82) is 0 Å².